The molecule has 0 saturated heterocycles. The second kappa shape index (κ2) is 7.74. The van der Waals surface area contributed by atoms with Gasteiger partial charge in [0, 0.05) is 30.6 Å². The molecule has 8 heteroatoms. The van der Waals surface area contributed by atoms with Crippen LogP contribution in [-0.2, 0) is 6.54 Å². The maximum Gasteiger partial charge on any atom is 0.192 e. The predicted octanol–water partition coefficient (Wildman–Crippen LogP) is 4.00. The molecule has 0 aliphatic carbocycles. The van der Waals surface area contributed by atoms with Gasteiger partial charge in [-0.2, -0.15) is 0 Å². The summed E-state index contributed by atoms with van der Waals surface area (Å²) in [5.74, 6) is -1.34. The summed E-state index contributed by atoms with van der Waals surface area (Å²) in [5.41, 5.74) is 0.730. The average Bonchev–Trinajstić information content (AvgIpc) is 3.04. The number of nitrogens with zero attached hydrogens (tertiary/aromatic N) is 4. The van der Waals surface area contributed by atoms with E-state index in [0.717, 1.165) is 17.7 Å². The van der Waals surface area contributed by atoms with Crippen LogP contribution in [0.4, 0.5) is 8.78 Å². The lowest BCUT2D eigenvalue weighted by Crippen LogP contribution is -2.16. The van der Waals surface area contributed by atoms with Gasteiger partial charge in [0.05, 0.1) is 10.8 Å². The van der Waals surface area contributed by atoms with Gasteiger partial charge in [0.2, 0.25) is 0 Å². The number of halogens is 2. The molecule has 0 saturated carbocycles. The van der Waals surface area contributed by atoms with E-state index in [1.807, 2.05) is 23.6 Å². The van der Waals surface area contributed by atoms with E-state index in [1.54, 1.807) is 19.3 Å². The molecule has 2 heterocycles. The number of hydrogen-bond donors (Lipinski definition) is 0. The van der Waals surface area contributed by atoms with E-state index < -0.39 is 22.7 Å². The largest absolute Gasteiger partial charge is 0.302 e. The van der Waals surface area contributed by atoms with E-state index in [0.29, 0.717) is 23.6 Å². The lowest BCUT2D eigenvalue weighted by molar-refractivity contribution is 0.0990. The van der Waals surface area contributed by atoms with E-state index in [1.165, 1.54) is 11.8 Å². The summed E-state index contributed by atoms with van der Waals surface area (Å²) in [5, 5.41) is 8.32. The van der Waals surface area contributed by atoms with E-state index in [9.17, 15) is 13.6 Å². The van der Waals surface area contributed by atoms with Gasteiger partial charge in [0.1, 0.15) is 11.6 Å². The zero-order valence-electron chi connectivity index (χ0n) is 14.2. The predicted molar refractivity (Wildman–Crippen MR) is 94.9 cm³/mol. The number of thioether (sulfide) groups is 1. The van der Waals surface area contributed by atoms with Crippen LogP contribution < -0.4 is 0 Å². The number of Topliss-reactive ketones (excluding diaryl/α,β-unsaturated/α-hetero) is 1. The minimum Gasteiger partial charge on any atom is -0.302 e. The third kappa shape index (κ3) is 3.65. The van der Waals surface area contributed by atoms with Crippen molar-refractivity contribution in [2.75, 3.05) is 0 Å². The Labute approximate surface area is 153 Å². The van der Waals surface area contributed by atoms with Gasteiger partial charge in [-0.05, 0) is 38.1 Å². The SMILES string of the molecule is CCn1c(SC(C)C(=O)c2ccc(F)cc2F)nnc1-c1ccncc1. The normalized spacial score (nSPS) is 12.2. The fourth-order valence-corrected chi connectivity index (χ4v) is 3.48. The van der Waals surface area contributed by atoms with Gasteiger partial charge in [0.25, 0.3) is 0 Å². The van der Waals surface area contributed by atoms with Gasteiger partial charge >= 0.3 is 0 Å². The molecular weight excluding hydrogens is 358 g/mol. The van der Waals surface area contributed by atoms with Gasteiger partial charge < -0.3 is 4.57 Å². The number of pyridine rings is 1. The molecule has 0 amide bonds. The van der Waals surface area contributed by atoms with Crippen LogP contribution in [0.3, 0.4) is 0 Å². The molecule has 0 N–H and O–H groups in total. The Balaban J connectivity index is 1.84. The number of rotatable bonds is 6. The van der Waals surface area contributed by atoms with Gasteiger partial charge in [-0.15, -0.1) is 10.2 Å². The van der Waals surface area contributed by atoms with Crippen LogP contribution in [0.1, 0.15) is 24.2 Å². The molecule has 134 valence electrons. The molecule has 3 aromatic rings. The first kappa shape index (κ1) is 18.2. The summed E-state index contributed by atoms with van der Waals surface area (Å²) in [6.45, 7) is 4.22. The molecule has 0 fully saturated rings. The van der Waals surface area contributed by atoms with Crippen molar-refractivity contribution in [1.82, 2.24) is 19.7 Å². The number of carbonyl (C=O) groups excluding carboxylic acids is 1. The Kier molecular flexibility index (Phi) is 5.41. The van der Waals surface area contributed by atoms with Crippen LogP contribution in [0.25, 0.3) is 11.4 Å². The van der Waals surface area contributed by atoms with Crippen LogP contribution in [0.2, 0.25) is 0 Å². The van der Waals surface area contributed by atoms with Crippen LogP contribution in [0.5, 0.6) is 0 Å². The highest BCUT2D eigenvalue weighted by Gasteiger charge is 2.23. The van der Waals surface area contributed by atoms with E-state index >= 15 is 0 Å². The van der Waals surface area contributed by atoms with Gasteiger partial charge in [0.15, 0.2) is 16.8 Å². The van der Waals surface area contributed by atoms with E-state index in [4.69, 9.17) is 0 Å². The second-order valence-electron chi connectivity index (χ2n) is 5.53. The second-order valence-corrected chi connectivity index (χ2v) is 6.84. The average molecular weight is 374 g/mol. The highest BCUT2D eigenvalue weighted by atomic mass is 32.2. The first-order chi connectivity index (χ1) is 12.5. The minimum absolute atomic E-state index is 0.136. The molecule has 0 spiro atoms. The Morgan fingerprint density at radius 2 is 1.92 bits per heavy atom. The number of carbonyl (C=O) groups is 1. The molecule has 5 nitrogen and oxygen atoms in total. The van der Waals surface area contributed by atoms with Crippen molar-refractivity contribution in [1.29, 1.82) is 0 Å². The van der Waals surface area contributed by atoms with Crippen molar-refractivity contribution in [3.63, 3.8) is 0 Å². The van der Waals surface area contributed by atoms with Gasteiger partial charge in [-0.1, -0.05) is 11.8 Å². The number of hydrogen-bond acceptors (Lipinski definition) is 5. The summed E-state index contributed by atoms with van der Waals surface area (Å²) < 4.78 is 28.8. The van der Waals surface area contributed by atoms with Crippen LogP contribution in [-0.4, -0.2) is 30.8 Å². The van der Waals surface area contributed by atoms with Crippen LogP contribution in [0.15, 0.2) is 47.9 Å². The third-order valence-corrected chi connectivity index (χ3v) is 4.90. The molecule has 26 heavy (non-hydrogen) atoms. The molecule has 1 unspecified atom stereocenters. The molecule has 1 aromatic carbocycles. The van der Waals surface area contributed by atoms with Gasteiger partial charge in [-0.25, -0.2) is 8.78 Å². The highest BCUT2D eigenvalue weighted by molar-refractivity contribution is 8.00. The zero-order valence-corrected chi connectivity index (χ0v) is 15.0. The van der Waals surface area contributed by atoms with E-state index in [2.05, 4.69) is 15.2 Å². The Hall–Kier alpha value is -2.61. The molecule has 1 atom stereocenters. The molecule has 3 rings (SSSR count). The van der Waals surface area contributed by atoms with Crippen molar-refractivity contribution >= 4 is 17.5 Å². The summed E-state index contributed by atoms with van der Waals surface area (Å²) in [7, 11) is 0. The summed E-state index contributed by atoms with van der Waals surface area (Å²) in [6.07, 6.45) is 3.33. The molecule has 0 bridgehead atoms. The van der Waals surface area contributed by atoms with Crippen molar-refractivity contribution in [3.05, 3.63) is 59.9 Å². The lowest BCUT2D eigenvalue weighted by Gasteiger charge is -2.12. The maximum absolute atomic E-state index is 13.9. The molecule has 0 aliphatic heterocycles. The smallest absolute Gasteiger partial charge is 0.192 e. The maximum atomic E-state index is 13.9. The summed E-state index contributed by atoms with van der Waals surface area (Å²) >= 11 is 1.19. The first-order valence-electron chi connectivity index (χ1n) is 8.00. The molecule has 0 aliphatic rings. The quantitative estimate of drug-likeness (QED) is 0.482. The topological polar surface area (TPSA) is 60.7 Å². The summed E-state index contributed by atoms with van der Waals surface area (Å²) in [6, 6.07) is 6.60. The number of benzene rings is 1. The molecule has 2 aromatic heterocycles. The van der Waals surface area contributed by atoms with Gasteiger partial charge in [-0.3, -0.25) is 9.78 Å². The Bertz CT molecular complexity index is 930. The van der Waals surface area contributed by atoms with Crippen molar-refractivity contribution in [2.24, 2.45) is 0 Å². The first-order valence-corrected chi connectivity index (χ1v) is 8.88. The van der Waals surface area contributed by atoms with Crippen molar-refractivity contribution < 1.29 is 13.6 Å². The lowest BCUT2D eigenvalue weighted by atomic mass is 10.1. The van der Waals surface area contributed by atoms with Crippen molar-refractivity contribution in [3.8, 4) is 11.4 Å². The Morgan fingerprint density at radius 1 is 1.19 bits per heavy atom. The summed E-state index contributed by atoms with van der Waals surface area (Å²) in [4.78, 5) is 16.5. The fourth-order valence-electron chi connectivity index (χ4n) is 2.50. The standard InChI is InChI=1S/C18H16F2N4OS/c1-3-24-17(12-6-8-21-9-7-12)22-23-18(24)26-11(2)16(25)14-5-4-13(19)10-15(14)20/h4-11H,3H2,1-2H3. The van der Waals surface area contributed by atoms with Crippen LogP contribution in [0, 0.1) is 11.6 Å². The van der Waals surface area contributed by atoms with E-state index in [-0.39, 0.29) is 5.56 Å². The zero-order chi connectivity index (χ0) is 18.7. The monoisotopic (exact) mass is 374 g/mol. The number of ketones is 1. The molecule has 0 radical (unpaired) electrons. The highest BCUT2D eigenvalue weighted by Crippen LogP contribution is 2.28. The third-order valence-electron chi connectivity index (χ3n) is 3.82. The minimum atomic E-state index is -0.864. The van der Waals surface area contributed by atoms with Crippen LogP contribution >= 0.6 is 11.8 Å². The Morgan fingerprint density at radius 3 is 2.58 bits per heavy atom. The van der Waals surface area contributed by atoms with Crippen molar-refractivity contribution in [2.45, 2.75) is 30.8 Å². The molecular formula is C18H16F2N4OS. The number of aromatic nitrogens is 4. The fraction of sp³-hybridized carbons (Fsp3) is 0.222.